The second-order valence-corrected chi connectivity index (χ2v) is 6.60. The maximum absolute atomic E-state index is 9.88. The summed E-state index contributed by atoms with van der Waals surface area (Å²) in [5.74, 6) is 0.319. The van der Waals surface area contributed by atoms with Gasteiger partial charge in [0.2, 0.25) is 0 Å². The Morgan fingerprint density at radius 1 is 0.567 bits per heavy atom. The minimum atomic E-state index is 0.159. The van der Waals surface area contributed by atoms with E-state index in [4.69, 9.17) is 0 Å². The summed E-state index contributed by atoms with van der Waals surface area (Å²) in [7, 11) is 0. The van der Waals surface area contributed by atoms with Crippen LogP contribution < -0.4 is 10.9 Å². The summed E-state index contributed by atoms with van der Waals surface area (Å²) in [5, 5.41) is 30.4. The standard InChI is InChI=1S/C24H20N4O2/c29-23-11-5-3-9-19(23)15-25-27-21-13-17-7-1-2-8-18(17)14-22(21)28-26-16-20-10-4-6-12-24(20)30/h1-16,27-30H. The lowest BCUT2D eigenvalue weighted by atomic mass is 10.1. The smallest absolute Gasteiger partial charge is 0.124 e. The fourth-order valence-electron chi connectivity index (χ4n) is 2.96. The Labute approximate surface area is 173 Å². The Bertz CT molecular complexity index is 1140. The first-order valence-electron chi connectivity index (χ1n) is 9.37. The number of rotatable bonds is 6. The van der Waals surface area contributed by atoms with E-state index < -0.39 is 0 Å². The van der Waals surface area contributed by atoms with Crippen LogP contribution in [0.5, 0.6) is 11.5 Å². The quantitative estimate of drug-likeness (QED) is 0.268. The average Bonchev–Trinajstić information content (AvgIpc) is 2.76. The minimum Gasteiger partial charge on any atom is -0.507 e. The predicted octanol–water partition coefficient (Wildman–Crippen LogP) is 5.14. The molecule has 0 amide bonds. The lowest BCUT2D eigenvalue weighted by Crippen LogP contribution is -1.98. The Kier molecular flexibility index (Phi) is 5.57. The zero-order chi connectivity index (χ0) is 20.8. The van der Waals surface area contributed by atoms with Crippen molar-refractivity contribution >= 4 is 34.6 Å². The van der Waals surface area contributed by atoms with Crippen molar-refractivity contribution in [2.45, 2.75) is 0 Å². The van der Waals surface area contributed by atoms with Crippen LogP contribution in [0, 0.1) is 0 Å². The summed E-state index contributed by atoms with van der Waals surface area (Å²) in [4.78, 5) is 0. The van der Waals surface area contributed by atoms with Crippen molar-refractivity contribution in [1.29, 1.82) is 0 Å². The molecule has 30 heavy (non-hydrogen) atoms. The maximum Gasteiger partial charge on any atom is 0.124 e. The third kappa shape index (κ3) is 4.39. The highest BCUT2D eigenvalue weighted by molar-refractivity contribution is 5.93. The van der Waals surface area contributed by atoms with Gasteiger partial charge in [0.25, 0.3) is 0 Å². The topological polar surface area (TPSA) is 89.2 Å². The van der Waals surface area contributed by atoms with Crippen molar-refractivity contribution in [3.63, 3.8) is 0 Å². The van der Waals surface area contributed by atoms with Crippen molar-refractivity contribution in [3.05, 3.63) is 96.1 Å². The predicted molar refractivity (Wildman–Crippen MR) is 123 cm³/mol. The van der Waals surface area contributed by atoms with Gasteiger partial charge in [-0.3, -0.25) is 10.9 Å². The van der Waals surface area contributed by atoms with Crippen LogP contribution in [-0.4, -0.2) is 22.6 Å². The number of nitrogens with zero attached hydrogens (tertiary/aromatic N) is 2. The number of benzene rings is 4. The Morgan fingerprint density at radius 2 is 0.967 bits per heavy atom. The molecule has 0 heterocycles. The highest BCUT2D eigenvalue weighted by Gasteiger charge is 2.05. The molecular formula is C24H20N4O2. The van der Waals surface area contributed by atoms with Crippen LogP contribution in [0.4, 0.5) is 11.4 Å². The Morgan fingerprint density at radius 3 is 1.40 bits per heavy atom. The molecule has 0 aliphatic carbocycles. The van der Waals surface area contributed by atoms with E-state index in [0.717, 1.165) is 22.1 Å². The third-order valence-electron chi connectivity index (χ3n) is 4.54. The summed E-state index contributed by atoms with van der Waals surface area (Å²) in [5.41, 5.74) is 8.68. The molecule has 0 atom stereocenters. The molecule has 0 unspecified atom stereocenters. The van der Waals surface area contributed by atoms with E-state index >= 15 is 0 Å². The van der Waals surface area contributed by atoms with Gasteiger partial charge in [0.05, 0.1) is 23.8 Å². The zero-order valence-corrected chi connectivity index (χ0v) is 16.0. The first kappa shape index (κ1) is 19.0. The molecule has 0 radical (unpaired) electrons. The summed E-state index contributed by atoms with van der Waals surface area (Å²) in [6.07, 6.45) is 3.11. The molecule has 4 aromatic carbocycles. The number of hydrazone groups is 2. The molecule has 148 valence electrons. The molecule has 0 saturated heterocycles. The minimum absolute atomic E-state index is 0.159. The SMILES string of the molecule is Oc1ccccc1C=NNc1cc2ccccc2cc1NN=Cc1ccccc1O. The normalized spacial score (nSPS) is 11.3. The molecule has 0 aromatic heterocycles. The second kappa shape index (κ2) is 8.79. The third-order valence-corrected chi connectivity index (χ3v) is 4.54. The molecule has 6 nitrogen and oxygen atoms in total. The molecule has 4 rings (SSSR count). The van der Waals surface area contributed by atoms with Crippen molar-refractivity contribution in [2.75, 3.05) is 10.9 Å². The molecule has 6 heteroatoms. The van der Waals surface area contributed by atoms with Crippen LogP contribution in [0.3, 0.4) is 0 Å². The van der Waals surface area contributed by atoms with Crippen molar-refractivity contribution < 1.29 is 10.2 Å². The van der Waals surface area contributed by atoms with Gasteiger partial charge in [-0.05, 0) is 47.2 Å². The molecule has 0 saturated carbocycles. The van der Waals surface area contributed by atoms with Crippen LogP contribution in [0.1, 0.15) is 11.1 Å². The first-order chi connectivity index (χ1) is 14.7. The maximum atomic E-state index is 9.88. The van der Waals surface area contributed by atoms with Gasteiger partial charge in [0, 0.05) is 11.1 Å². The number of hydrogen-bond acceptors (Lipinski definition) is 6. The zero-order valence-electron chi connectivity index (χ0n) is 16.0. The summed E-state index contributed by atoms with van der Waals surface area (Å²) in [6, 6.07) is 25.9. The van der Waals surface area contributed by atoms with Crippen LogP contribution >= 0.6 is 0 Å². The highest BCUT2D eigenvalue weighted by Crippen LogP contribution is 2.29. The van der Waals surface area contributed by atoms with Crippen molar-refractivity contribution in [1.82, 2.24) is 0 Å². The van der Waals surface area contributed by atoms with Crippen LogP contribution in [0.25, 0.3) is 10.8 Å². The van der Waals surface area contributed by atoms with Gasteiger partial charge in [0.15, 0.2) is 0 Å². The number of phenolic OH excluding ortho intramolecular Hbond substituents is 2. The van der Waals surface area contributed by atoms with Gasteiger partial charge in [-0.15, -0.1) is 0 Å². The lowest BCUT2D eigenvalue weighted by Gasteiger charge is -2.10. The number of aromatic hydroxyl groups is 2. The number of fused-ring (bicyclic) bond motifs is 1. The largest absolute Gasteiger partial charge is 0.507 e. The van der Waals surface area contributed by atoms with Gasteiger partial charge in [-0.25, -0.2) is 0 Å². The average molecular weight is 396 g/mol. The molecule has 0 bridgehead atoms. The van der Waals surface area contributed by atoms with Crippen molar-refractivity contribution in [3.8, 4) is 11.5 Å². The molecular weight excluding hydrogens is 376 g/mol. The number of para-hydroxylation sites is 2. The molecule has 0 aliphatic heterocycles. The highest BCUT2D eigenvalue weighted by atomic mass is 16.3. The van der Waals surface area contributed by atoms with E-state index in [9.17, 15) is 10.2 Å². The van der Waals surface area contributed by atoms with Gasteiger partial charge >= 0.3 is 0 Å². The van der Waals surface area contributed by atoms with E-state index in [-0.39, 0.29) is 11.5 Å². The van der Waals surface area contributed by atoms with Crippen LogP contribution in [0.15, 0.2) is 95.1 Å². The van der Waals surface area contributed by atoms with E-state index in [0.29, 0.717) is 11.1 Å². The van der Waals surface area contributed by atoms with E-state index in [2.05, 4.69) is 21.1 Å². The van der Waals surface area contributed by atoms with Gasteiger partial charge in [-0.2, -0.15) is 10.2 Å². The first-order valence-corrected chi connectivity index (χ1v) is 9.37. The number of hydrogen-bond donors (Lipinski definition) is 4. The fourth-order valence-corrected chi connectivity index (χ4v) is 2.96. The van der Waals surface area contributed by atoms with Crippen LogP contribution in [0.2, 0.25) is 0 Å². The van der Waals surface area contributed by atoms with Gasteiger partial charge < -0.3 is 10.2 Å². The van der Waals surface area contributed by atoms with E-state index in [1.807, 2.05) is 48.5 Å². The Balaban J connectivity index is 1.60. The molecule has 4 aromatic rings. The lowest BCUT2D eigenvalue weighted by molar-refractivity contribution is 0.474. The molecule has 0 fully saturated rings. The monoisotopic (exact) mass is 396 g/mol. The second-order valence-electron chi connectivity index (χ2n) is 6.60. The molecule has 0 aliphatic rings. The number of nitrogens with one attached hydrogen (secondary N) is 2. The number of anilines is 2. The van der Waals surface area contributed by atoms with Gasteiger partial charge in [-0.1, -0.05) is 48.5 Å². The summed E-state index contributed by atoms with van der Waals surface area (Å²) in [6.45, 7) is 0. The Hall–Kier alpha value is -4.32. The molecule has 0 spiro atoms. The summed E-state index contributed by atoms with van der Waals surface area (Å²) >= 11 is 0. The number of phenols is 2. The fraction of sp³-hybridized carbons (Fsp3) is 0. The summed E-state index contributed by atoms with van der Waals surface area (Å²) < 4.78 is 0. The van der Waals surface area contributed by atoms with E-state index in [1.54, 1.807) is 48.8 Å². The van der Waals surface area contributed by atoms with Crippen LogP contribution in [-0.2, 0) is 0 Å². The van der Waals surface area contributed by atoms with E-state index in [1.165, 1.54) is 0 Å². The molecule has 4 N–H and O–H groups in total. The van der Waals surface area contributed by atoms with Gasteiger partial charge in [0.1, 0.15) is 11.5 Å². The van der Waals surface area contributed by atoms with Crippen molar-refractivity contribution in [2.24, 2.45) is 10.2 Å².